The number of benzene rings is 1. The molecule has 0 unspecified atom stereocenters. The van der Waals surface area contributed by atoms with E-state index >= 15 is 0 Å². The molecule has 0 spiro atoms. The number of aromatic nitrogens is 2. The van der Waals surface area contributed by atoms with Gasteiger partial charge in [0, 0.05) is 6.54 Å². The highest BCUT2D eigenvalue weighted by Gasteiger charge is 2.12. The van der Waals surface area contributed by atoms with Crippen molar-refractivity contribution in [3.63, 3.8) is 0 Å². The monoisotopic (exact) mass is 267 g/mol. The maximum atomic E-state index is 8.81. The second kappa shape index (κ2) is 5.95. The molecule has 0 aliphatic carbocycles. The molecule has 2 aromatic rings. The molecule has 0 saturated carbocycles. The summed E-state index contributed by atoms with van der Waals surface area (Å²) in [5, 5.41) is 13.3. The number of aliphatic hydroxyl groups excluding tert-OH is 1. The summed E-state index contributed by atoms with van der Waals surface area (Å²) in [7, 11) is 1.88. The molecule has 0 fully saturated rings. The molecule has 1 aromatic carbocycles. The van der Waals surface area contributed by atoms with Crippen LogP contribution in [-0.2, 0) is 6.54 Å². The largest absolute Gasteiger partial charge is 0.395 e. The van der Waals surface area contributed by atoms with E-state index in [1.807, 2.05) is 30.1 Å². The highest BCUT2D eigenvalue weighted by Crippen LogP contribution is 2.25. The lowest BCUT2D eigenvalue weighted by molar-refractivity contribution is 0.213. The quantitative estimate of drug-likeness (QED) is 0.895. The van der Waals surface area contributed by atoms with Gasteiger partial charge in [-0.2, -0.15) is 4.98 Å². The van der Waals surface area contributed by atoms with Crippen LogP contribution in [0.25, 0.3) is 11.5 Å². The molecule has 1 N–H and O–H groups in total. The van der Waals surface area contributed by atoms with Crippen LogP contribution in [-0.4, -0.2) is 40.3 Å². The molecule has 0 aliphatic rings. The van der Waals surface area contributed by atoms with Gasteiger partial charge in [-0.15, -0.1) is 0 Å². The van der Waals surface area contributed by atoms with Gasteiger partial charge in [0.05, 0.1) is 23.7 Å². The molecule has 0 bridgehead atoms. The Morgan fingerprint density at radius 1 is 1.39 bits per heavy atom. The van der Waals surface area contributed by atoms with Crippen molar-refractivity contribution in [3.05, 3.63) is 35.1 Å². The third-order valence-corrected chi connectivity index (χ3v) is 2.80. The van der Waals surface area contributed by atoms with Crippen LogP contribution in [0.3, 0.4) is 0 Å². The molecule has 0 atom stereocenters. The smallest absolute Gasteiger partial charge is 0.259 e. The van der Waals surface area contributed by atoms with Crippen LogP contribution in [0, 0.1) is 0 Å². The number of aliphatic hydroxyl groups is 1. The Kier molecular flexibility index (Phi) is 4.30. The third kappa shape index (κ3) is 3.07. The lowest BCUT2D eigenvalue weighted by atomic mass is 10.2. The lowest BCUT2D eigenvalue weighted by Gasteiger charge is -2.11. The fourth-order valence-electron chi connectivity index (χ4n) is 1.55. The lowest BCUT2D eigenvalue weighted by Crippen LogP contribution is -2.22. The molecule has 1 heterocycles. The van der Waals surface area contributed by atoms with Gasteiger partial charge < -0.3 is 9.63 Å². The summed E-state index contributed by atoms with van der Waals surface area (Å²) >= 11 is 6.05. The summed E-state index contributed by atoms with van der Waals surface area (Å²) in [5.74, 6) is 0.980. The second-order valence-corrected chi connectivity index (χ2v) is 4.36. The van der Waals surface area contributed by atoms with E-state index < -0.39 is 0 Å². The van der Waals surface area contributed by atoms with Gasteiger partial charge in [0.25, 0.3) is 5.89 Å². The maximum Gasteiger partial charge on any atom is 0.259 e. The Morgan fingerprint density at radius 2 is 2.17 bits per heavy atom. The molecule has 18 heavy (non-hydrogen) atoms. The Morgan fingerprint density at radius 3 is 2.89 bits per heavy atom. The van der Waals surface area contributed by atoms with Crippen LogP contribution in [0.4, 0.5) is 0 Å². The Hall–Kier alpha value is -1.43. The molecule has 5 nitrogen and oxygen atoms in total. The fraction of sp³-hybridized carbons (Fsp3) is 0.333. The summed E-state index contributed by atoms with van der Waals surface area (Å²) in [6, 6.07) is 7.32. The van der Waals surface area contributed by atoms with E-state index in [-0.39, 0.29) is 6.61 Å². The molecule has 96 valence electrons. The first kappa shape index (κ1) is 13.0. The topological polar surface area (TPSA) is 62.4 Å². The van der Waals surface area contributed by atoms with Crippen LogP contribution < -0.4 is 0 Å². The van der Waals surface area contributed by atoms with Gasteiger partial charge in [-0.1, -0.05) is 28.9 Å². The molecule has 0 saturated heterocycles. The summed E-state index contributed by atoms with van der Waals surface area (Å²) in [4.78, 5) is 6.18. The van der Waals surface area contributed by atoms with Crippen molar-refractivity contribution in [2.24, 2.45) is 0 Å². The van der Waals surface area contributed by atoms with Crippen LogP contribution >= 0.6 is 11.6 Å². The summed E-state index contributed by atoms with van der Waals surface area (Å²) in [6.07, 6.45) is 0. The van der Waals surface area contributed by atoms with E-state index in [0.29, 0.717) is 29.8 Å². The first-order valence-electron chi connectivity index (χ1n) is 5.57. The molecule has 0 radical (unpaired) electrons. The van der Waals surface area contributed by atoms with Crippen molar-refractivity contribution in [1.29, 1.82) is 0 Å². The molecule has 2 rings (SSSR count). The van der Waals surface area contributed by atoms with Crippen molar-refractivity contribution in [3.8, 4) is 11.5 Å². The summed E-state index contributed by atoms with van der Waals surface area (Å²) in [5.41, 5.74) is 0.725. The van der Waals surface area contributed by atoms with Gasteiger partial charge in [0.1, 0.15) is 0 Å². The minimum Gasteiger partial charge on any atom is -0.395 e. The standard InChI is InChI=1S/C12H14ClN3O2/c1-16(6-7-17)8-11-14-12(18-15-11)9-4-2-3-5-10(9)13/h2-5,17H,6-8H2,1H3. The second-order valence-electron chi connectivity index (χ2n) is 3.96. The number of likely N-dealkylation sites (N-methyl/N-ethyl adjacent to an activating group) is 1. The SMILES string of the molecule is CN(CCO)Cc1noc(-c2ccccc2Cl)n1. The van der Waals surface area contributed by atoms with Gasteiger partial charge >= 0.3 is 0 Å². The summed E-state index contributed by atoms with van der Waals surface area (Å²) < 4.78 is 5.18. The number of hydrogen-bond donors (Lipinski definition) is 1. The van der Waals surface area contributed by atoms with E-state index in [1.165, 1.54) is 0 Å². The number of rotatable bonds is 5. The predicted octanol–water partition coefficient (Wildman–Crippen LogP) is 1.81. The summed E-state index contributed by atoms with van der Waals surface area (Å²) in [6.45, 7) is 1.19. The Bertz CT molecular complexity index is 516. The van der Waals surface area contributed by atoms with Crippen molar-refractivity contribution in [2.45, 2.75) is 6.54 Å². The average molecular weight is 268 g/mol. The first-order valence-corrected chi connectivity index (χ1v) is 5.95. The fourth-order valence-corrected chi connectivity index (χ4v) is 1.77. The minimum absolute atomic E-state index is 0.103. The van der Waals surface area contributed by atoms with E-state index in [1.54, 1.807) is 6.07 Å². The zero-order valence-corrected chi connectivity index (χ0v) is 10.8. The van der Waals surface area contributed by atoms with E-state index in [4.69, 9.17) is 21.2 Å². The molecular formula is C12H14ClN3O2. The van der Waals surface area contributed by atoms with Crippen LogP contribution in [0.5, 0.6) is 0 Å². The average Bonchev–Trinajstić information content (AvgIpc) is 2.78. The molecule has 0 aliphatic heterocycles. The van der Waals surface area contributed by atoms with Crippen LogP contribution in [0.2, 0.25) is 5.02 Å². The van der Waals surface area contributed by atoms with E-state index in [9.17, 15) is 0 Å². The third-order valence-electron chi connectivity index (χ3n) is 2.47. The normalized spacial score (nSPS) is 11.1. The Balaban J connectivity index is 2.13. The minimum atomic E-state index is 0.103. The molecule has 0 amide bonds. The molecule has 6 heteroatoms. The number of halogens is 1. The van der Waals surface area contributed by atoms with Crippen molar-refractivity contribution >= 4 is 11.6 Å². The van der Waals surface area contributed by atoms with Crippen molar-refractivity contribution < 1.29 is 9.63 Å². The zero-order chi connectivity index (χ0) is 13.0. The van der Waals surface area contributed by atoms with Gasteiger partial charge in [-0.3, -0.25) is 4.90 Å². The van der Waals surface area contributed by atoms with Crippen LogP contribution in [0.15, 0.2) is 28.8 Å². The van der Waals surface area contributed by atoms with Crippen molar-refractivity contribution in [2.75, 3.05) is 20.2 Å². The highest BCUT2D eigenvalue weighted by atomic mass is 35.5. The van der Waals surface area contributed by atoms with Crippen molar-refractivity contribution in [1.82, 2.24) is 15.0 Å². The van der Waals surface area contributed by atoms with Gasteiger partial charge in [-0.25, -0.2) is 0 Å². The maximum absolute atomic E-state index is 8.81. The predicted molar refractivity (Wildman–Crippen MR) is 68.2 cm³/mol. The van der Waals surface area contributed by atoms with Gasteiger partial charge in [0.15, 0.2) is 5.82 Å². The van der Waals surface area contributed by atoms with Gasteiger partial charge in [0.2, 0.25) is 0 Å². The van der Waals surface area contributed by atoms with E-state index in [0.717, 1.165) is 5.56 Å². The molecular weight excluding hydrogens is 254 g/mol. The zero-order valence-electron chi connectivity index (χ0n) is 10.0. The van der Waals surface area contributed by atoms with E-state index in [2.05, 4.69) is 10.1 Å². The highest BCUT2D eigenvalue weighted by molar-refractivity contribution is 6.33. The van der Waals surface area contributed by atoms with Gasteiger partial charge in [-0.05, 0) is 19.2 Å². The molecule has 1 aromatic heterocycles. The Labute approximate surface area is 110 Å². The number of nitrogens with zero attached hydrogens (tertiary/aromatic N) is 3. The van der Waals surface area contributed by atoms with Crippen LogP contribution in [0.1, 0.15) is 5.82 Å². The first-order chi connectivity index (χ1) is 8.70. The number of hydrogen-bond acceptors (Lipinski definition) is 5.